The van der Waals surface area contributed by atoms with E-state index < -0.39 is 0 Å². The molecule has 136 valence electrons. The topological polar surface area (TPSA) is 41.0 Å². The summed E-state index contributed by atoms with van der Waals surface area (Å²) in [6.07, 6.45) is 1.83. The van der Waals surface area contributed by atoms with Crippen LogP contribution in [-0.4, -0.2) is 24.1 Å². The van der Waals surface area contributed by atoms with E-state index in [1.54, 1.807) is 0 Å². The largest absolute Gasteiger partial charge is 0.378 e. The fourth-order valence-electron chi connectivity index (χ4n) is 3.61. The third kappa shape index (κ3) is 2.70. The van der Waals surface area contributed by atoms with Gasteiger partial charge < -0.3 is 10.2 Å². The Bertz CT molecular complexity index is 1310. The SMILES string of the molecule is CN(C)c1ccc(Nc2c3ccccc3nc3c2ccc2cccnc23)cc1. The average molecular weight is 364 g/mol. The van der Waals surface area contributed by atoms with Gasteiger partial charge in [-0.2, -0.15) is 0 Å². The Morgan fingerprint density at radius 2 is 1.57 bits per heavy atom. The van der Waals surface area contributed by atoms with Gasteiger partial charge in [-0.1, -0.05) is 30.3 Å². The number of anilines is 3. The summed E-state index contributed by atoms with van der Waals surface area (Å²) in [6, 6.07) is 25.0. The second-order valence-electron chi connectivity index (χ2n) is 7.11. The van der Waals surface area contributed by atoms with Gasteiger partial charge in [0.05, 0.1) is 22.2 Å². The molecule has 0 spiro atoms. The number of para-hydroxylation sites is 1. The molecule has 0 aliphatic heterocycles. The van der Waals surface area contributed by atoms with Gasteiger partial charge in [-0.3, -0.25) is 4.98 Å². The Labute approximate surface area is 163 Å². The zero-order valence-corrected chi connectivity index (χ0v) is 15.8. The number of hydrogen-bond acceptors (Lipinski definition) is 4. The molecule has 0 aliphatic rings. The Morgan fingerprint density at radius 3 is 2.39 bits per heavy atom. The molecule has 1 N–H and O–H groups in total. The van der Waals surface area contributed by atoms with Crippen LogP contribution in [0.5, 0.6) is 0 Å². The number of aromatic nitrogens is 2. The standard InChI is InChI=1S/C24H20N4/c1-28(2)18-12-10-17(11-13-18)26-23-19-7-3-4-8-21(19)27-24-20(23)14-9-16-6-5-15-25-22(16)24/h3-15H,1-2H3,(H,26,27). The van der Waals surface area contributed by atoms with E-state index in [-0.39, 0.29) is 0 Å². The number of benzene rings is 3. The van der Waals surface area contributed by atoms with E-state index in [1.807, 2.05) is 32.4 Å². The first-order valence-corrected chi connectivity index (χ1v) is 9.31. The summed E-state index contributed by atoms with van der Waals surface area (Å²) in [6.45, 7) is 0. The van der Waals surface area contributed by atoms with Crippen molar-refractivity contribution in [1.29, 1.82) is 0 Å². The summed E-state index contributed by atoms with van der Waals surface area (Å²) in [4.78, 5) is 11.6. The number of rotatable bonds is 3. The summed E-state index contributed by atoms with van der Waals surface area (Å²) in [5, 5.41) is 6.90. The maximum absolute atomic E-state index is 4.94. The summed E-state index contributed by atoms with van der Waals surface area (Å²) in [5.74, 6) is 0. The van der Waals surface area contributed by atoms with Crippen LogP contribution in [0.2, 0.25) is 0 Å². The fourth-order valence-corrected chi connectivity index (χ4v) is 3.61. The molecular formula is C24H20N4. The second kappa shape index (κ2) is 6.50. The van der Waals surface area contributed by atoms with Crippen molar-refractivity contribution in [3.63, 3.8) is 0 Å². The Morgan fingerprint density at radius 1 is 0.750 bits per heavy atom. The molecule has 5 aromatic rings. The Kier molecular flexibility index (Phi) is 3.83. The van der Waals surface area contributed by atoms with Crippen molar-refractivity contribution in [3.05, 3.63) is 79.0 Å². The van der Waals surface area contributed by atoms with Crippen LogP contribution in [0, 0.1) is 0 Å². The first-order valence-electron chi connectivity index (χ1n) is 9.31. The summed E-state index contributed by atoms with van der Waals surface area (Å²) >= 11 is 0. The first-order chi connectivity index (χ1) is 13.7. The van der Waals surface area contributed by atoms with Gasteiger partial charge >= 0.3 is 0 Å². The molecule has 2 aromatic heterocycles. The van der Waals surface area contributed by atoms with Crippen molar-refractivity contribution in [3.8, 4) is 0 Å². The van der Waals surface area contributed by atoms with Crippen LogP contribution in [-0.2, 0) is 0 Å². The van der Waals surface area contributed by atoms with E-state index in [9.17, 15) is 0 Å². The molecule has 4 heteroatoms. The van der Waals surface area contributed by atoms with Gasteiger partial charge in [-0.25, -0.2) is 4.98 Å². The summed E-state index contributed by atoms with van der Waals surface area (Å²) in [5.41, 5.74) is 6.09. The molecule has 0 atom stereocenters. The van der Waals surface area contributed by atoms with Gasteiger partial charge in [0.2, 0.25) is 0 Å². The minimum atomic E-state index is 0.921. The van der Waals surface area contributed by atoms with Crippen LogP contribution in [0.15, 0.2) is 79.0 Å². The van der Waals surface area contributed by atoms with Gasteiger partial charge in [0, 0.05) is 47.8 Å². The zero-order valence-electron chi connectivity index (χ0n) is 15.8. The van der Waals surface area contributed by atoms with Crippen LogP contribution >= 0.6 is 0 Å². The fraction of sp³-hybridized carbons (Fsp3) is 0.0833. The molecule has 0 fully saturated rings. The van der Waals surface area contributed by atoms with Crippen LogP contribution in [0.3, 0.4) is 0 Å². The minimum absolute atomic E-state index is 0.921. The highest BCUT2D eigenvalue weighted by Crippen LogP contribution is 2.35. The maximum Gasteiger partial charge on any atom is 0.0993 e. The Hall–Kier alpha value is -3.66. The van der Waals surface area contributed by atoms with E-state index in [1.165, 1.54) is 5.69 Å². The summed E-state index contributed by atoms with van der Waals surface area (Å²) in [7, 11) is 4.09. The Balaban J connectivity index is 1.76. The van der Waals surface area contributed by atoms with E-state index >= 15 is 0 Å². The van der Waals surface area contributed by atoms with Crippen molar-refractivity contribution in [2.45, 2.75) is 0 Å². The third-order valence-electron chi connectivity index (χ3n) is 5.08. The predicted octanol–water partition coefficient (Wildman–Crippen LogP) is 5.75. The lowest BCUT2D eigenvalue weighted by Gasteiger charge is -2.16. The molecular weight excluding hydrogens is 344 g/mol. The molecule has 0 radical (unpaired) electrons. The maximum atomic E-state index is 4.94. The van der Waals surface area contributed by atoms with Crippen LogP contribution in [0.1, 0.15) is 0 Å². The van der Waals surface area contributed by atoms with Crippen molar-refractivity contribution < 1.29 is 0 Å². The van der Waals surface area contributed by atoms with E-state index in [4.69, 9.17) is 4.98 Å². The number of nitrogens with one attached hydrogen (secondary N) is 1. The molecule has 4 nitrogen and oxygen atoms in total. The smallest absolute Gasteiger partial charge is 0.0993 e. The number of hydrogen-bond donors (Lipinski definition) is 1. The quantitative estimate of drug-likeness (QED) is 0.327. The zero-order chi connectivity index (χ0) is 19.1. The highest BCUT2D eigenvalue weighted by atomic mass is 15.1. The van der Waals surface area contributed by atoms with Crippen molar-refractivity contribution in [2.24, 2.45) is 0 Å². The van der Waals surface area contributed by atoms with Crippen molar-refractivity contribution in [2.75, 3.05) is 24.3 Å². The van der Waals surface area contributed by atoms with Gasteiger partial charge in [0.15, 0.2) is 0 Å². The minimum Gasteiger partial charge on any atom is -0.378 e. The van der Waals surface area contributed by atoms with Crippen LogP contribution in [0.4, 0.5) is 17.1 Å². The number of nitrogens with zero attached hydrogens (tertiary/aromatic N) is 3. The molecule has 0 bridgehead atoms. The number of pyridine rings is 2. The van der Waals surface area contributed by atoms with Gasteiger partial charge in [0.1, 0.15) is 0 Å². The molecule has 0 amide bonds. The molecule has 0 aliphatic carbocycles. The summed E-state index contributed by atoms with van der Waals surface area (Å²) < 4.78 is 0. The second-order valence-corrected chi connectivity index (χ2v) is 7.11. The van der Waals surface area contributed by atoms with Crippen molar-refractivity contribution >= 4 is 49.8 Å². The molecule has 0 unspecified atom stereocenters. The van der Waals surface area contributed by atoms with Crippen molar-refractivity contribution in [1.82, 2.24) is 9.97 Å². The normalized spacial score (nSPS) is 11.2. The molecule has 5 rings (SSSR count). The molecule has 28 heavy (non-hydrogen) atoms. The molecule has 2 heterocycles. The highest BCUT2D eigenvalue weighted by Gasteiger charge is 2.12. The van der Waals surface area contributed by atoms with Gasteiger partial charge in [0.25, 0.3) is 0 Å². The average Bonchev–Trinajstić information content (AvgIpc) is 2.74. The molecule has 3 aromatic carbocycles. The lowest BCUT2D eigenvalue weighted by atomic mass is 10.0. The highest BCUT2D eigenvalue weighted by molar-refractivity contribution is 6.15. The lowest BCUT2D eigenvalue weighted by Crippen LogP contribution is -2.08. The lowest BCUT2D eigenvalue weighted by molar-refractivity contribution is 1.13. The first kappa shape index (κ1) is 16.5. The van der Waals surface area contributed by atoms with E-state index in [2.05, 4.69) is 75.9 Å². The predicted molar refractivity (Wildman–Crippen MR) is 119 cm³/mol. The van der Waals surface area contributed by atoms with E-state index in [0.717, 1.165) is 44.1 Å². The van der Waals surface area contributed by atoms with Gasteiger partial charge in [-0.15, -0.1) is 0 Å². The number of fused-ring (bicyclic) bond motifs is 4. The monoisotopic (exact) mass is 364 g/mol. The van der Waals surface area contributed by atoms with Crippen LogP contribution < -0.4 is 10.2 Å². The van der Waals surface area contributed by atoms with E-state index in [0.29, 0.717) is 0 Å². The van der Waals surface area contributed by atoms with Gasteiger partial charge in [-0.05, 0) is 42.5 Å². The molecule has 0 saturated heterocycles. The third-order valence-corrected chi connectivity index (χ3v) is 5.08. The molecule has 0 saturated carbocycles. The van der Waals surface area contributed by atoms with Crippen LogP contribution in [0.25, 0.3) is 32.7 Å².